The van der Waals surface area contributed by atoms with Crippen molar-refractivity contribution < 1.29 is 19.1 Å². The summed E-state index contributed by atoms with van der Waals surface area (Å²) >= 11 is 0. The van der Waals surface area contributed by atoms with Crippen LogP contribution in [0.3, 0.4) is 0 Å². The molecule has 0 bridgehead atoms. The van der Waals surface area contributed by atoms with Gasteiger partial charge in [0, 0.05) is 25.4 Å². The lowest BCUT2D eigenvalue weighted by Gasteiger charge is -2.12. The molecule has 1 aromatic carbocycles. The van der Waals surface area contributed by atoms with Crippen molar-refractivity contribution in [2.75, 3.05) is 19.8 Å². The van der Waals surface area contributed by atoms with Gasteiger partial charge in [-0.05, 0) is 44.7 Å². The van der Waals surface area contributed by atoms with E-state index in [2.05, 4.69) is 5.32 Å². The molecular formula is C22H28N2O4. The molecule has 1 amide bonds. The number of esters is 1. The number of nitrogens with one attached hydrogen (secondary N) is 1. The van der Waals surface area contributed by atoms with Gasteiger partial charge in [0.05, 0.1) is 18.3 Å². The summed E-state index contributed by atoms with van der Waals surface area (Å²) in [7, 11) is 0. The number of hydrogen-bond acceptors (Lipinski definition) is 4. The highest BCUT2D eigenvalue weighted by molar-refractivity contribution is 6.01. The zero-order valence-electron chi connectivity index (χ0n) is 16.8. The van der Waals surface area contributed by atoms with Gasteiger partial charge in [0.15, 0.2) is 0 Å². The van der Waals surface area contributed by atoms with Gasteiger partial charge in [-0.2, -0.15) is 0 Å². The molecule has 1 aliphatic rings. The minimum Gasteiger partial charge on any atom is -0.461 e. The zero-order valence-corrected chi connectivity index (χ0v) is 16.8. The van der Waals surface area contributed by atoms with E-state index in [1.807, 2.05) is 48.7 Å². The van der Waals surface area contributed by atoms with Gasteiger partial charge in [-0.1, -0.05) is 30.3 Å². The maximum Gasteiger partial charge on any atom is 0.355 e. The Balaban J connectivity index is 1.92. The monoisotopic (exact) mass is 384 g/mol. The summed E-state index contributed by atoms with van der Waals surface area (Å²) in [6, 6.07) is 9.87. The molecule has 0 spiro atoms. The molecule has 0 aliphatic carbocycles. The van der Waals surface area contributed by atoms with Crippen LogP contribution in [0.5, 0.6) is 0 Å². The molecule has 6 heteroatoms. The van der Waals surface area contributed by atoms with Crippen molar-refractivity contribution in [2.24, 2.45) is 0 Å². The summed E-state index contributed by atoms with van der Waals surface area (Å²) in [5.74, 6) is -0.583. The van der Waals surface area contributed by atoms with Crippen molar-refractivity contribution in [3.05, 3.63) is 58.4 Å². The Morgan fingerprint density at radius 2 is 2.00 bits per heavy atom. The number of amides is 1. The number of nitrogens with zero attached hydrogens (tertiary/aromatic N) is 1. The van der Waals surface area contributed by atoms with Crippen molar-refractivity contribution in [1.29, 1.82) is 0 Å². The van der Waals surface area contributed by atoms with E-state index in [0.717, 1.165) is 30.7 Å². The number of ether oxygens (including phenoxy) is 2. The summed E-state index contributed by atoms with van der Waals surface area (Å²) in [6.45, 7) is 7.48. The Morgan fingerprint density at radius 3 is 2.64 bits per heavy atom. The van der Waals surface area contributed by atoms with Gasteiger partial charge in [-0.3, -0.25) is 4.79 Å². The Labute approximate surface area is 165 Å². The lowest BCUT2D eigenvalue weighted by molar-refractivity contribution is 0.0513. The normalized spacial score (nSPS) is 16.2. The quantitative estimate of drug-likeness (QED) is 0.744. The van der Waals surface area contributed by atoms with Gasteiger partial charge in [0.1, 0.15) is 5.69 Å². The Bertz CT molecular complexity index is 836. The van der Waals surface area contributed by atoms with Crippen LogP contribution in [-0.4, -0.2) is 42.3 Å². The molecule has 1 aromatic heterocycles. The molecular weight excluding hydrogens is 356 g/mol. The first-order valence-corrected chi connectivity index (χ1v) is 9.83. The van der Waals surface area contributed by atoms with Crippen molar-refractivity contribution in [1.82, 2.24) is 9.88 Å². The summed E-state index contributed by atoms with van der Waals surface area (Å²) < 4.78 is 12.7. The molecule has 150 valence electrons. The van der Waals surface area contributed by atoms with E-state index in [1.165, 1.54) is 0 Å². The van der Waals surface area contributed by atoms with Gasteiger partial charge in [0.25, 0.3) is 5.91 Å². The van der Waals surface area contributed by atoms with Crippen LogP contribution in [0.2, 0.25) is 0 Å². The largest absolute Gasteiger partial charge is 0.461 e. The minimum absolute atomic E-state index is 0.0699. The van der Waals surface area contributed by atoms with E-state index in [4.69, 9.17) is 9.47 Å². The van der Waals surface area contributed by atoms with Crippen molar-refractivity contribution in [2.45, 2.75) is 46.3 Å². The third-order valence-electron chi connectivity index (χ3n) is 5.16. The smallest absolute Gasteiger partial charge is 0.355 e. The fourth-order valence-corrected chi connectivity index (χ4v) is 3.76. The van der Waals surface area contributed by atoms with Gasteiger partial charge < -0.3 is 19.4 Å². The van der Waals surface area contributed by atoms with Crippen LogP contribution in [0.1, 0.15) is 57.4 Å². The maximum absolute atomic E-state index is 12.9. The molecule has 0 saturated carbocycles. The highest BCUT2D eigenvalue weighted by Gasteiger charge is 2.28. The van der Waals surface area contributed by atoms with Crippen LogP contribution < -0.4 is 5.32 Å². The highest BCUT2D eigenvalue weighted by atomic mass is 16.5. The molecule has 28 heavy (non-hydrogen) atoms. The van der Waals surface area contributed by atoms with E-state index in [9.17, 15) is 9.59 Å². The average Bonchev–Trinajstić information content (AvgIpc) is 3.28. The molecule has 2 aromatic rings. The number of benzene rings is 1. The molecule has 1 saturated heterocycles. The topological polar surface area (TPSA) is 69.6 Å². The molecule has 1 atom stereocenters. The van der Waals surface area contributed by atoms with Crippen molar-refractivity contribution >= 4 is 11.9 Å². The second kappa shape index (κ2) is 9.06. The molecule has 0 unspecified atom stereocenters. The first-order chi connectivity index (χ1) is 13.5. The lowest BCUT2D eigenvalue weighted by atomic mass is 10.1. The first kappa shape index (κ1) is 20.1. The fourth-order valence-electron chi connectivity index (χ4n) is 3.76. The molecule has 3 rings (SSSR count). The molecule has 0 radical (unpaired) electrons. The number of rotatable bonds is 7. The van der Waals surface area contributed by atoms with E-state index >= 15 is 0 Å². The Morgan fingerprint density at radius 1 is 1.25 bits per heavy atom. The maximum atomic E-state index is 12.9. The number of carbonyl (C=O) groups is 2. The van der Waals surface area contributed by atoms with Gasteiger partial charge in [0.2, 0.25) is 0 Å². The Kier molecular flexibility index (Phi) is 6.52. The van der Waals surface area contributed by atoms with Crippen LogP contribution in [0.15, 0.2) is 30.3 Å². The van der Waals surface area contributed by atoms with E-state index in [1.54, 1.807) is 6.92 Å². The van der Waals surface area contributed by atoms with Crippen LogP contribution in [0.4, 0.5) is 0 Å². The van der Waals surface area contributed by atoms with E-state index in [0.29, 0.717) is 29.9 Å². The van der Waals surface area contributed by atoms with E-state index < -0.39 is 5.97 Å². The summed E-state index contributed by atoms with van der Waals surface area (Å²) in [5.41, 5.74) is 3.44. The summed E-state index contributed by atoms with van der Waals surface area (Å²) in [4.78, 5) is 25.5. The predicted octanol–water partition coefficient (Wildman–Crippen LogP) is 3.24. The third-order valence-corrected chi connectivity index (χ3v) is 5.16. The average molecular weight is 384 g/mol. The molecule has 1 fully saturated rings. The van der Waals surface area contributed by atoms with Gasteiger partial charge >= 0.3 is 5.97 Å². The molecule has 1 N–H and O–H groups in total. The molecule has 2 heterocycles. The zero-order chi connectivity index (χ0) is 20.1. The van der Waals surface area contributed by atoms with Crippen LogP contribution in [0.25, 0.3) is 0 Å². The number of carbonyl (C=O) groups excluding carboxylic acids is 2. The molecule has 6 nitrogen and oxygen atoms in total. The second-order valence-corrected chi connectivity index (χ2v) is 7.07. The van der Waals surface area contributed by atoms with Crippen molar-refractivity contribution in [3.63, 3.8) is 0 Å². The molecule has 1 aliphatic heterocycles. The van der Waals surface area contributed by atoms with Gasteiger partial charge in [-0.15, -0.1) is 0 Å². The summed E-state index contributed by atoms with van der Waals surface area (Å²) in [6.07, 6.45) is 2.06. The predicted molar refractivity (Wildman–Crippen MR) is 107 cm³/mol. The fraction of sp³-hybridized carbons (Fsp3) is 0.455. The lowest BCUT2D eigenvalue weighted by Crippen LogP contribution is -2.32. The highest BCUT2D eigenvalue weighted by Crippen LogP contribution is 2.25. The SMILES string of the molecule is CCOC(=O)c1c(C)c(C(=O)NC[C@@H]2CCCO2)c(C)n1Cc1ccccc1. The number of aromatic nitrogens is 1. The van der Waals surface area contributed by atoms with Crippen LogP contribution in [0, 0.1) is 13.8 Å². The minimum atomic E-state index is -0.405. The Hall–Kier alpha value is -2.60. The third kappa shape index (κ3) is 4.28. The van der Waals surface area contributed by atoms with Gasteiger partial charge in [-0.25, -0.2) is 4.79 Å². The van der Waals surface area contributed by atoms with Crippen LogP contribution in [-0.2, 0) is 16.0 Å². The second-order valence-electron chi connectivity index (χ2n) is 7.07. The number of hydrogen-bond donors (Lipinski definition) is 1. The van der Waals surface area contributed by atoms with Crippen molar-refractivity contribution in [3.8, 4) is 0 Å². The van der Waals surface area contributed by atoms with Crippen LogP contribution >= 0.6 is 0 Å². The van der Waals surface area contributed by atoms with E-state index in [-0.39, 0.29) is 18.6 Å². The first-order valence-electron chi connectivity index (χ1n) is 9.83. The summed E-state index contributed by atoms with van der Waals surface area (Å²) in [5, 5.41) is 2.97. The standard InChI is InChI=1S/C22H28N2O4/c1-4-27-22(26)20-15(2)19(21(25)23-13-18-11-8-12-28-18)16(3)24(20)14-17-9-6-5-7-10-17/h5-7,9-10,18H,4,8,11-14H2,1-3H3,(H,23,25)/t18-/m0/s1.